The van der Waals surface area contributed by atoms with Crippen molar-refractivity contribution in [2.75, 3.05) is 23.3 Å². The fraction of sp³-hybridized carbons (Fsp3) is 0.300. The molecule has 3 rings (SSSR count). The van der Waals surface area contributed by atoms with Gasteiger partial charge in [-0.2, -0.15) is 5.26 Å². The number of anilines is 2. The van der Waals surface area contributed by atoms with E-state index in [9.17, 15) is 10.1 Å². The van der Waals surface area contributed by atoms with Gasteiger partial charge in [-0.15, -0.1) is 0 Å². The van der Waals surface area contributed by atoms with Gasteiger partial charge in [-0.25, -0.2) is 0 Å². The second-order valence-electron chi connectivity index (χ2n) is 6.20. The Kier molecular flexibility index (Phi) is 4.81. The summed E-state index contributed by atoms with van der Waals surface area (Å²) in [6.07, 6.45) is 2.15. The molecule has 24 heavy (non-hydrogen) atoms. The van der Waals surface area contributed by atoms with Gasteiger partial charge in [-0.3, -0.25) is 4.79 Å². The minimum Gasteiger partial charge on any atom is -0.381 e. The van der Waals surface area contributed by atoms with E-state index in [1.165, 1.54) is 0 Å². The molecular weight excluding hydrogens is 298 g/mol. The molecule has 0 amide bonds. The summed E-state index contributed by atoms with van der Waals surface area (Å²) in [7, 11) is 0. The first-order valence-electron chi connectivity index (χ1n) is 8.29. The van der Waals surface area contributed by atoms with Crippen molar-refractivity contribution < 1.29 is 4.79 Å². The van der Waals surface area contributed by atoms with Crippen LogP contribution in [0.2, 0.25) is 0 Å². The zero-order chi connectivity index (χ0) is 16.9. The molecule has 0 spiro atoms. The summed E-state index contributed by atoms with van der Waals surface area (Å²) < 4.78 is 0. The molecule has 0 radical (unpaired) electrons. The van der Waals surface area contributed by atoms with Crippen molar-refractivity contribution in [2.45, 2.75) is 25.8 Å². The lowest BCUT2D eigenvalue weighted by molar-refractivity contribution is 0.101. The highest BCUT2D eigenvalue weighted by Gasteiger charge is 2.22. The van der Waals surface area contributed by atoms with Gasteiger partial charge in [0.2, 0.25) is 0 Å². The van der Waals surface area contributed by atoms with E-state index >= 15 is 0 Å². The van der Waals surface area contributed by atoms with Crippen molar-refractivity contribution in [1.82, 2.24) is 0 Å². The highest BCUT2D eigenvalue weighted by atomic mass is 16.1. The van der Waals surface area contributed by atoms with Crippen LogP contribution in [0.5, 0.6) is 0 Å². The lowest BCUT2D eigenvalue weighted by Crippen LogP contribution is -2.42. The van der Waals surface area contributed by atoms with Gasteiger partial charge in [0.15, 0.2) is 5.78 Å². The molecule has 1 N–H and O–H groups in total. The van der Waals surface area contributed by atoms with Gasteiger partial charge in [0.05, 0.1) is 11.3 Å². The van der Waals surface area contributed by atoms with E-state index < -0.39 is 0 Å². The first-order chi connectivity index (χ1) is 11.7. The summed E-state index contributed by atoms with van der Waals surface area (Å²) in [6, 6.07) is 18.1. The molecule has 0 bridgehead atoms. The Morgan fingerprint density at radius 2 is 2.04 bits per heavy atom. The summed E-state index contributed by atoms with van der Waals surface area (Å²) in [6.45, 7) is 3.29. The number of nitrogens with zero attached hydrogens (tertiary/aromatic N) is 2. The van der Waals surface area contributed by atoms with Crippen LogP contribution in [0.1, 0.15) is 35.7 Å². The van der Waals surface area contributed by atoms with Gasteiger partial charge in [0.1, 0.15) is 6.07 Å². The molecule has 122 valence electrons. The Bertz CT molecular complexity index is 764. The first kappa shape index (κ1) is 16.1. The number of Topliss-reactive ketones (excluding diaryl/α,β-unsaturated/α-hetero) is 1. The van der Waals surface area contributed by atoms with Gasteiger partial charge >= 0.3 is 0 Å². The van der Waals surface area contributed by atoms with Gasteiger partial charge in [-0.05, 0) is 50.1 Å². The maximum absolute atomic E-state index is 11.7. The molecule has 1 saturated heterocycles. The maximum Gasteiger partial charge on any atom is 0.159 e. The van der Waals surface area contributed by atoms with Gasteiger partial charge in [0, 0.05) is 30.4 Å². The monoisotopic (exact) mass is 319 g/mol. The van der Waals surface area contributed by atoms with Crippen molar-refractivity contribution in [3.05, 3.63) is 59.7 Å². The molecule has 4 heteroatoms. The van der Waals surface area contributed by atoms with Crippen LogP contribution in [-0.4, -0.2) is 24.9 Å². The third kappa shape index (κ3) is 3.57. The van der Waals surface area contributed by atoms with Crippen LogP contribution < -0.4 is 10.2 Å². The lowest BCUT2D eigenvalue weighted by atomic mass is 10.0. The Hall–Kier alpha value is -2.80. The van der Waals surface area contributed by atoms with E-state index in [-0.39, 0.29) is 5.78 Å². The Morgan fingerprint density at radius 3 is 2.75 bits per heavy atom. The van der Waals surface area contributed by atoms with Crippen LogP contribution in [0, 0.1) is 11.3 Å². The summed E-state index contributed by atoms with van der Waals surface area (Å²) in [5.41, 5.74) is 3.26. The smallest absolute Gasteiger partial charge is 0.159 e. The topological polar surface area (TPSA) is 56.1 Å². The number of carbonyl (C=O) groups is 1. The number of carbonyl (C=O) groups excluding carboxylic acids is 1. The van der Waals surface area contributed by atoms with Crippen molar-refractivity contribution in [3.8, 4) is 6.07 Å². The quantitative estimate of drug-likeness (QED) is 0.870. The van der Waals surface area contributed by atoms with E-state index in [1.54, 1.807) is 19.1 Å². The minimum atomic E-state index is 0.0247. The van der Waals surface area contributed by atoms with Gasteiger partial charge < -0.3 is 10.2 Å². The maximum atomic E-state index is 11.7. The van der Waals surface area contributed by atoms with Crippen LogP contribution >= 0.6 is 0 Å². The number of nitriles is 1. The van der Waals surface area contributed by atoms with Crippen LogP contribution in [0.25, 0.3) is 0 Å². The normalized spacial score (nSPS) is 17.2. The van der Waals surface area contributed by atoms with E-state index in [0.717, 1.165) is 37.3 Å². The number of hydrogen-bond acceptors (Lipinski definition) is 4. The number of ketones is 1. The zero-order valence-electron chi connectivity index (χ0n) is 13.8. The van der Waals surface area contributed by atoms with E-state index in [1.807, 2.05) is 24.3 Å². The number of rotatable bonds is 4. The fourth-order valence-corrected chi connectivity index (χ4v) is 3.19. The average molecular weight is 319 g/mol. The van der Waals surface area contributed by atoms with Crippen LogP contribution in [0.4, 0.5) is 11.4 Å². The third-order valence-corrected chi connectivity index (χ3v) is 4.43. The van der Waals surface area contributed by atoms with E-state index in [2.05, 4.69) is 28.4 Å². The SMILES string of the molecule is CC(=O)c1ccc(C#N)c(N2CCCC(Nc3ccccc3)C2)c1. The molecule has 0 saturated carbocycles. The molecule has 1 unspecified atom stereocenters. The molecule has 1 atom stereocenters. The van der Waals surface area contributed by atoms with Crippen molar-refractivity contribution in [3.63, 3.8) is 0 Å². The van der Waals surface area contributed by atoms with Crippen molar-refractivity contribution >= 4 is 17.2 Å². The molecule has 1 fully saturated rings. The molecule has 1 aliphatic heterocycles. The number of piperidine rings is 1. The largest absolute Gasteiger partial charge is 0.381 e. The zero-order valence-corrected chi connectivity index (χ0v) is 13.8. The van der Waals surface area contributed by atoms with Crippen LogP contribution in [0.15, 0.2) is 48.5 Å². The predicted octanol–water partition coefficient (Wildman–Crippen LogP) is 3.84. The molecule has 2 aromatic rings. The average Bonchev–Trinajstić information content (AvgIpc) is 2.62. The van der Waals surface area contributed by atoms with Crippen molar-refractivity contribution in [1.29, 1.82) is 5.26 Å². The number of para-hydroxylation sites is 1. The lowest BCUT2D eigenvalue weighted by Gasteiger charge is -2.35. The number of hydrogen-bond donors (Lipinski definition) is 1. The highest BCUT2D eigenvalue weighted by molar-refractivity contribution is 5.95. The standard InChI is InChI=1S/C20H21N3O/c1-15(24)16-9-10-17(13-21)20(12-16)23-11-5-8-19(14-23)22-18-6-3-2-4-7-18/h2-4,6-7,9-10,12,19,22H,5,8,11,14H2,1H3. The molecule has 0 aromatic heterocycles. The Morgan fingerprint density at radius 1 is 1.25 bits per heavy atom. The second-order valence-corrected chi connectivity index (χ2v) is 6.20. The van der Waals surface area contributed by atoms with Crippen LogP contribution in [0.3, 0.4) is 0 Å². The molecular formula is C20H21N3O. The Labute approximate surface area is 142 Å². The summed E-state index contributed by atoms with van der Waals surface area (Å²) in [5.74, 6) is 0.0247. The third-order valence-electron chi connectivity index (χ3n) is 4.43. The molecule has 1 heterocycles. The molecule has 4 nitrogen and oxygen atoms in total. The highest BCUT2D eigenvalue weighted by Crippen LogP contribution is 2.26. The summed E-state index contributed by atoms with van der Waals surface area (Å²) in [4.78, 5) is 13.9. The van der Waals surface area contributed by atoms with Crippen molar-refractivity contribution in [2.24, 2.45) is 0 Å². The minimum absolute atomic E-state index is 0.0247. The van der Waals surface area contributed by atoms with Gasteiger partial charge in [-0.1, -0.05) is 18.2 Å². The molecule has 2 aromatic carbocycles. The predicted molar refractivity (Wildman–Crippen MR) is 96.5 cm³/mol. The summed E-state index contributed by atoms with van der Waals surface area (Å²) >= 11 is 0. The Balaban J connectivity index is 1.80. The van der Waals surface area contributed by atoms with E-state index in [4.69, 9.17) is 0 Å². The number of benzene rings is 2. The second kappa shape index (κ2) is 7.18. The molecule has 0 aliphatic carbocycles. The number of nitrogens with one attached hydrogen (secondary N) is 1. The van der Waals surface area contributed by atoms with Gasteiger partial charge in [0.25, 0.3) is 0 Å². The van der Waals surface area contributed by atoms with Crippen LogP contribution in [-0.2, 0) is 0 Å². The van der Waals surface area contributed by atoms with E-state index in [0.29, 0.717) is 17.2 Å². The molecule has 1 aliphatic rings. The fourth-order valence-electron chi connectivity index (χ4n) is 3.19. The summed E-state index contributed by atoms with van der Waals surface area (Å²) in [5, 5.41) is 13.0. The first-order valence-corrected chi connectivity index (χ1v) is 8.29.